The number of halogens is 2. The van der Waals surface area contributed by atoms with Crippen LogP contribution in [-0.4, -0.2) is 10.5 Å². The van der Waals surface area contributed by atoms with Gasteiger partial charge in [0.15, 0.2) is 0 Å². The molecular weight excluding hydrogens is 379 g/mol. The Labute approximate surface area is 169 Å². The predicted molar refractivity (Wildman–Crippen MR) is 115 cm³/mol. The lowest BCUT2D eigenvalue weighted by Crippen LogP contribution is -2.18. The van der Waals surface area contributed by atoms with E-state index in [-0.39, 0.29) is 5.91 Å². The highest BCUT2D eigenvalue weighted by Gasteiger charge is 2.21. The molecule has 27 heavy (non-hydrogen) atoms. The molecule has 0 fully saturated rings. The average molecular weight is 401 g/mol. The maximum atomic E-state index is 13.1. The third-order valence-corrected chi connectivity index (χ3v) is 5.26. The first-order valence-corrected chi connectivity index (χ1v) is 9.59. The van der Waals surface area contributed by atoms with E-state index in [1.54, 1.807) is 24.3 Å². The monoisotopic (exact) mass is 400 g/mol. The van der Waals surface area contributed by atoms with Crippen LogP contribution in [0.25, 0.3) is 10.9 Å². The van der Waals surface area contributed by atoms with E-state index < -0.39 is 0 Å². The molecule has 0 saturated heterocycles. The Morgan fingerprint density at radius 3 is 2.59 bits per heavy atom. The topological polar surface area (TPSA) is 34.0 Å². The van der Waals surface area contributed by atoms with Crippen molar-refractivity contribution in [2.75, 3.05) is 5.32 Å². The van der Waals surface area contributed by atoms with Gasteiger partial charge in [-0.25, -0.2) is 0 Å². The van der Waals surface area contributed by atoms with Gasteiger partial charge in [0.25, 0.3) is 5.91 Å². The maximum Gasteiger partial charge on any atom is 0.272 e. The fourth-order valence-corrected chi connectivity index (χ4v) is 3.74. The second-order valence-electron chi connectivity index (χ2n) is 6.88. The van der Waals surface area contributed by atoms with Gasteiger partial charge in [0.1, 0.15) is 5.69 Å². The van der Waals surface area contributed by atoms with Gasteiger partial charge in [-0.1, -0.05) is 49.2 Å². The van der Waals surface area contributed by atoms with Crippen LogP contribution in [0.5, 0.6) is 0 Å². The van der Waals surface area contributed by atoms with Crippen LogP contribution in [0.1, 0.15) is 41.4 Å². The van der Waals surface area contributed by atoms with Crippen molar-refractivity contribution in [2.45, 2.75) is 33.2 Å². The summed E-state index contributed by atoms with van der Waals surface area (Å²) in [6.45, 7) is 10.7. The van der Waals surface area contributed by atoms with Crippen molar-refractivity contribution in [3.8, 4) is 0 Å². The summed E-state index contributed by atoms with van der Waals surface area (Å²) in [5.74, 6) is 0.211. The molecule has 0 spiro atoms. The van der Waals surface area contributed by atoms with Crippen molar-refractivity contribution >= 4 is 45.7 Å². The second-order valence-corrected chi connectivity index (χ2v) is 7.73. The summed E-state index contributed by atoms with van der Waals surface area (Å²) < 4.78 is 1.99. The summed E-state index contributed by atoms with van der Waals surface area (Å²) in [5.41, 5.74) is 4.34. The van der Waals surface area contributed by atoms with Crippen LogP contribution in [0.2, 0.25) is 10.0 Å². The van der Waals surface area contributed by atoms with Gasteiger partial charge in [-0.3, -0.25) is 4.79 Å². The molecule has 1 heterocycles. The van der Waals surface area contributed by atoms with Gasteiger partial charge in [-0.15, -0.1) is 6.58 Å². The van der Waals surface area contributed by atoms with E-state index in [2.05, 4.69) is 43.9 Å². The molecule has 0 aliphatic carbocycles. The number of rotatable bonds is 5. The van der Waals surface area contributed by atoms with Crippen molar-refractivity contribution < 1.29 is 4.79 Å². The number of fused-ring (bicyclic) bond motifs is 1. The molecule has 0 atom stereocenters. The molecule has 0 aliphatic heterocycles. The van der Waals surface area contributed by atoms with Crippen LogP contribution in [-0.2, 0) is 6.54 Å². The summed E-state index contributed by atoms with van der Waals surface area (Å²) in [6, 6.07) is 11.4. The molecule has 140 valence electrons. The SMILES string of the molecule is C=CCn1c(C(=O)Nc2ccc(Cl)cc2Cl)c(C)c2cc(C(C)C)ccc21. The molecule has 3 aromatic rings. The van der Waals surface area contributed by atoms with Gasteiger partial charge in [-0.05, 0) is 54.3 Å². The van der Waals surface area contributed by atoms with Gasteiger partial charge in [0.05, 0.1) is 10.7 Å². The number of benzene rings is 2. The largest absolute Gasteiger partial charge is 0.332 e. The molecule has 1 amide bonds. The van der Waals surface area contributed by atoms with E-state index in [1.165, 1.54) is 5.56 Å². The molecule has 1 aromatic heterocycles. The van der Waals surface area contributed by atoms with Crippen LogP contribution in [0, 0.1) is 6.92 Å². The molecule has 0 radical (unpaired) electrons. The highest BCUT2D eigenvalue weighted by Crippen LogP contribution is 2.31. The average Bonchev–Trinajstić information content (AvgIpc) is 2.89. The quantitative estimate of drug-likeness (QED) is 0.468. The van der Waals surface area contributed by atoms with Crippen molar-refractivity contribution in [1.82, 2.24) is 4.57 Å². The Morgan fingerprint density at radius 2 is 1.96 bits per heavy atom. The Kier molecular flexibility index (Phi) is 5.64. The fourth-order valence-electron chi connectivity index (χ4n) is 3.28. The highest BCUT2D eigenvalue weighted by molar-refractivity contribution is 6.36. The highest BCUT2D eigenvalue weighted by atomic mass is 35.5. The molecule has 3 nitrogen and oxygen atoms in total. The third kappa shape index (κ3) is 3.76. The fraction of sp³-hybridized carbons (Fsp3) is 0.227. The number of aromatic nitrogens is 1. The second kappa shape index (κ2) is 7.79. The van der Waals surface area contributed by atoms with Crippen LogP contribution < -0.4 is 5.32 Å². The lowest BCUT2D eigenvalue weighted by Gasteiger charge is -2.11. The zero-order chi connectivity index (χ0) is 19.7. The van der Waals surface area contributed by atoms with Gasteiger partial charge in [0, 0.05) is 22.5 Å². The lowest BCUT2D eigenvalue weighted by molar-refractivity contribution is 0.101. The van der Waals surface area contributed by atoms with Crippen LogP contribution >= 0.6 is 23.2 Å². The predicted octanol–water partition coefficient (Wildman–Crippen LogP) is 6.82. The van der Waals surface area contributed by atoms with E-state index in [0.29, 0.717) is 33.9 Å². The first kappa shape index (κ1) is 19.5. The van der Waals surface area contributed by atoms with E-state index in [9.17, 15) is 4.79 Å². The lowest BCUT2D eigenvalue weighted by atomic mass is 10.0. The normalized spacial score (nSPS) is 11.2. The zero-order valence-electron chi connectivity index (χ0n) is 15.6. The van der Waals surface area contributed by atoms with Crippen molar-refractivity contribution in [2.24, 2.45) is 0 Å². The molecule has 0 unspecified atom stereocenters. The van der Waals surface area contributed by atoms with Crippen molar-refractivity contribution in [3.63, 3.8) is 0 Å². The number of nitrogens with one attached hydrogen (secondary N) is 1. The molecule has 2 aromatic carbocycles. The van der Waals surface area contributed by atoms with E-state index in [4.69, 9.17) is 23.2 Å². The number of hydrogen-bond acceptors (Lipinski definition) is 1. The van der Waals surface area contributed by atoms with Crippen molar-refractivity contribution in [3.05, 3.63) is 75.9 Å². The summed E-state index contributed by atoms with van der Waals surface area (Å²) in [5, 5.41) is 4.91. The minimum atomic E-state index is -0.208. The first-order valence-electron chi connectivity index (χ1n) is 8.83. The van der Waals surface area contributed by atoms with Crippen LogP contribution in [0.4, 0.5) is 5.69 Å². The van der Waals surface area contributed by atoms with Gasteiger partial charge < -0.3 is 9.88 Å². The van der Waals surface area contributed by atoms with Gasteiger partial charge >= 0.3 is 0 Å². The van der Waals surface area contributed by atoms with Crippen LogP contribution in [0.3, 0.4) is 0 Å². The third-order valence-electron chi connectivity index (χ3n) is 4.71. The number of anilines is 1. The first-order chi connectivity index (χ1) is 12.8. The number of nitrogens with zero attached hydrogens (tertiary/aromatic N) is 1. The molecule has 1 N–H and O–H groups in total. The number of carbonyl (C=O) groups excluding carboxylic acids is 1. The summed E-state index contributed by atoms with van der Waals surface area (Å²) >= 11 is 12.2. The Balaban J connectivity index is 2.11. The number of carbonyl (C=O) groups is 1. The van der Waals surface area contributed by atoms with Gasteiger partial charge in [0.2, 0.25) is 0 Å². The minimum absolute atomic E-state index is 0.208. The Hall–Kier alpha value is -2.23. The van der Waals surface area contributed by atoms with E-state index in [0.717, 1.165) is 16.5 Å². The van der Waals surface area contributed by atoms with E-state index >= 15 is 0 Å². The Morgan fingerprint density at radius 1 is 1.22 bits per heavy atom. The summed E-state index contributed by atoms with van der Waals surface area (Å²) in [6.07, 6.45) is 1.79. The molecule has 0 aliphatic rings. The number of amides is 1. The number of allylic oxidation sites excluding steroid dienone is 1. The maximum absolute atomic E-state index is 13.1. The van der Waals surface area contributed by atoms with Crippen LogP contribution in [0.15, 0.2) is 49.1 Å². The summed E-state index contributed by atoms with van der Waals surface area (Å²) in [4.78, 5) is 13.1. The number of hydrogen-bond donors (Lipinski definition) is 1. The number of aryl methyl sites for hydroxylation is 1. The molecule has 0 saturated carbocycles. The zero-order valence-corrected chi connectivity index (χ0v) is 17.2. The molecular formula is C22H22Cl2N2O. The molecule has 3 rings (SSSR count). The summed E-state index contributed by atoms with van der Waals surface area (Å²) in [7, 11) is 0. The molecule has 0 bridgehead atoms. The smallest absolute Gasteiger partial charge is 0.272 e. The van der Waals surface area contributed by atoms with Gasteiger partial charge in [-0.2, -0.15) is 0 Å². The standard InChI is InChI=1S/C22H22Cl2N2O/c1-5-10-26-20-9-6-15(13(2)3)11-17(20)14(4)21(26)22(27)25-19-8-7-16(23)12-18(19)24/h5-9,11-13H,1,10H2,2-4H3,(H,25,27). The van der Waals surface area contributed by atoms with Crippen molar-refractivity contribution in [1.29, 1.82) is 0 Å². The molecule has 5 heteroatoms. The Bertz CT molecular complexity index is 1030. The van der Waals surface area contributed by atoms with E-state index in [1.807, 2.05) is 11.5 Å². The minimum Gasteiger partial charge on any atom is -0.332 e.